The van der Waals surface area contributed by atoms with Crippen molar-refractivity contribution in [3.8, 4) is 0 Å². The van der Waals surface area contributed by atoms with E-state index in [1.54, 1.807) is 0 Å². The van der Waals surface area contributed by atoms with E-state index >= 15 is 0 Å². The zero-order chi connectivity index (χ0) is 14.5. The lowest BCUT2D eigenvalue weighted by molar-refractivity contribution is 0.0700. The normalized spacial score (nSPS) is 12.2. The third kappa shape index (κ3) is 4.98. The Balaban J connectivity index is 2.75. The average molecular weight is 290 g/mol. The van der Waals surface area contributed by atoms with Crippen molar-refractivity contribution in [2.75, 3.05) is 14.2 Å². The summed E-state index contributed by atoms with van der Waals surface area (Å²) in [5.41, 5.74) is 0.566. The van der Waals surface area contributed by atoms with E-state index in [9.17, 15) is 8.78 Å². The van der Waals surface area contributed by atoms with Crippen LogP contribution in [0.1, 0.15) is 19.4 Å². The molecule has 0 N–H and O–H groups in total. The number of hydrogen-bond acceptors (Lipinski definition) is 3. The third-order valence-corrected chi connectivity index (χ3v) is 5.62. The van der Waals surface area contributed by atoms with Crippen LogP contribution >= 0.6 is 0 Å². The van der Waals surface area contributed by atoms with Gasteiger partial charge in [-0.1, -0.05) is 0 Å². The lowest BCUT2D eigenvalue weighted by atomic mass is 10.2. The fourth-order valence-electron chi connectivity index (χ4n) is 1.85. The molecule has 0 atom stereocenters. The smallest absolute Gasteiger partial charge is 0.377 e. The Morgan fingerprint density at radius 3 is 2.00 bits per heavy atom. The molecule has 0 aromatic heterocycles. The Labute approximate surface area is 113 Å². The van der Waals surface area contributed by atoms with Gasteiger partial charge in [0, 0.05) is 32.4 Å². The van der Waals surface area contributed by atoms with Gasteiger partial charge in [-0.3, -0.25) is 0 Å². The van der Waals surface area contributed by atoms with Gasteiger partial charge in [-0.25, -0.2) is 8.78 Å². The Morgan fingerprint density at radius 1 is 1.05 bits per heavy atom. The zero-order valence-electron chi connectivity index (χ0n) is 11.7. The summed E-state index contributed by atoms with van der Waals surface area (Å²) in [7, 11) is 0.295. The number of rotatable bonds is 7. The molecule has 0 spiro atoms. The van der Waals surface area contributed by atoms with E-state index in [0.29, 0.717) is 18.0 Å². The minimum absolute atomic E-state index is 0.0317. The first-order valence-electron chi connectivity index (χ1n) is 6.14. The van der Waals surface area contributed by atoms with E-state index in [4.69, 9.17) is 13.3 Å². The summed E-state index contributed by atoms with van der Waals surface area (Å²) < 4.78 is 42.7. The fourth-order valence-corrected chi connectivity index (χ4v) is 4.05. The van der Waals surface area contributed by atoms with Gasteiger partial charge < -0.3 is 13.3 Å². The molecule has 108 valence electrons. The molecule has 0 saturated carbocycles. The topological polar surface area (TPSA) is 27.7 Å². The van der Waals surface area contributed by atoms with Crippen molar-refractivity contribution in [1.82, 2.24) is 0 Å². The van der Waals surface area contributed by atoms with Gasteiger partial charge >= 0.3 is 8.80 Å². The SMILES string of the molecule is CO[Si](CCc1cc(F)cc(F)c1)(OC)OC(C)C. The highest BCUT2D eigenvalue weighted by Gasteiger charge is 2.39. The fraction of sp³-hybridized carbons (Fsp3) is 0.538. The highest BCUT2D eigenvalue weighted by molar-refractivity contribution is 6.60. The van der Waals surface area contributed by atoms with Crippen molar-refractivity contribution < 1.29 is 22.1 Å². The van der Waals surface area contributed by atoms with E-state index in [1.807, 2.05) is 13.8 Å². The van der Waals surface area contributed by atoms with Crippen LogP contribution in [-0.2, 0) is 19.7 Å². The molecule has 0 aliphatic rings. The lowest BCUT2D eigenvalue weighted by Gasteiger charge is -2.28. The molecule has 0 saturated heterocycles. The maximum absolute atomic E-state index is 13.1. The molecule has 19 heavy (non-hydrogen) atoms. The van der Waals surface area contributed by atoms with Crippen molar-refractivity contribution in [3.05, 3.63) is 35.4 Å². The van der Waals surface area contributed by atoms with Crippen LogP contribution in [0.25, 0.3) is 0 Å². The van der Waals surface area contributed by atoms with Crippen LogP contribution in [0.15, 0.2) is 18.2 Å². The Bertz CT molecular complexity index is 389. The molecule has 0 aliphatic carbocycles. The molecule has 1 rings (SSSR count). The van der Waals surface area contributed by atoms with Gasteiger partial charge in [-0.05, 0) is 38.0 Å². The minimum Gasteiger partial charge on any atom is -0.377 e. The molecule has 0 amide bonds. The van der Waals surface area contributed by atoms with Gasteiger partial charge in [0.2, 0.25) is 0 Å². The molecule has 0 aliphatic heterocycles. The quantitative estimate of drug-likeness (QED) is 0.722. The van der Waals surface area contributed by atoms with Gasteiger partial charge in [0.05, 0.1) is 0 Å². The number of hydrogen-bond donors (Lipinski definition) is 0. The summed E-state index contributed by atoms with van der Waals surface area (Å²) in [6.07, 6.45) is 0.408. The Kier molecular flexibility index (Phi) is 6.06. The first-order chi connectivity index (χ1) is 8.90. The van der Waals surface area contributed by atoms with Crippen molar-refractivity contribution in [2.45, 2.75) is 32.4 Å². The van der Waals surface area contributed by atoms with E-state index in [0.717, 1.165) is 6.07 Å². The maximum Gasteiger partial charge on any atom is 0.500 e. The van der Waals surface area contributed by atoms with Crippen LogP contribution in [0.4, 0.5) is 8.78 Å². The molecule has 0 bridgehead atoms. The molecule has 0 fully saturated rings. The van der Waals surface area contributed by atoms with Crippen LogP contribution in [0.3, 0.4) is 0 Å². The number of halogens is 2. The minimum atomic E-state index is -2.77. The molecule has 1 aromatic rings. The van der Waals surface area contributed by atoms with E-state index in [2.05, 4.69) is 0 Å². The van der Waals surface area contributed by atoms with E-state index < -0.39 is 20.4 Å². The predicted octanol–water partition coefficient (Wildman–Crippen LogP) is 3.16. The van der Waals surface area contributed by atoms with Crippen molar-refractivity contribution in [2.24, 2.45) is 0 Å². The monoisotopic (exact) mass is 290 g/mol. The van der Waals surface area contributed by atoms with Crippen LogP contribution in [-0.4, -0.2) is 29.1 Å². The second-order valence-corrected chi connectivity index (χ2v) is 7.45. The highest BCUT2D eigenvalue weighted by Crippen LogP contribution is 2.20. The van der Waals surface area contributed by atoms with Gasteiger partial charge in [-0.2, -0.15) is 0 Å². The summed E-state index contributed by atoms with van der Waals surface area (Å²) in [4.78, 5) is 0. The summed E-state index contributed by atoms with van der Waals surface area (Å²) >= 11 is 0. The van der Waals surface area contributed by atoms with Crippen molar-refractivity contribution >= 4 is 8.80 Å². The molecular weight excluding hydrogens is 270 g/mol. The highest BCUT2D eigenvalue weighted by atomic mass is 28.4. The average Bonchev–Trinajstić information content (AvgIpc) is 2.33. The van der Waals surface area contributed by atoms with Gasteiger partial charge in [0.15, 0.2) is 0 Å². The van der Waals surface area contributed by atoms with Crippen LogP contribution in [0.5, 0.6) is 0 Å². The molecule has 1 aromatic carbocycles. The first-order valence-corrected chi connectivity index (χ1v) is 8.07. The van der Waals surface area contributed by atoms with Crippen LogP contribution in [0, 0.1) is 11.6 Å². The van der Waals surface area contributed by atoms with Gasteiger partial charge in [-0.15, -0.1) is 0 Å². The van der Waals surface area contributed by atoms with Crippen LogP contribution in [0.2, 0.25) is 6.04 Å². The second kappa shape index (κ2) is 7.09. The molecule has 3 nitrogen and oxygen atoms in total. The molecule has 0 radical (unpaired) electrons. The Morgan fingerprint density at radius 2 is 1.58 bits per heavy atom. The molecule has 6 heteroatoms. The second-order valence-electron chi connectivity index (χ2n) is 4.54. The zero-order valence-corrected chi connectivity index (χ0v) is 12.7. The largest absolute Gasteiger partial charge is 0.500 e. The summed E-state index contributed by atoms with van der Waals surface area (Å²) in [5.74, 6) is -1.16. The lowest BCUT2D eigenvalue weighted by Crippen LogP contribution is -2.46. The standard InChI is InChI=1S/C13H20F2O3Si/c1-10(2)18-19(16-3,17-4)6-5-11-7-12(14)9-13(15)8-11/h7-10H,5-6H2,1-4H3. The van der Waals surface area contributed by atoms with Crippen molar-refractivity contribution in [1.29, 1.82) is 0 Å². The van der Waals surface area contributed by atoms with Gasteiger partial charge in [0.25, 0.3) is 0 Å². The summed E-state index contributed by atoms with van der Waals surface area (Å²) in [6.45, 7) is 3.78. The van der Waals surface area contributed by atoms with E-state index in [-0.39, 0.29) is 6.10 Å². The number of benzene rings is 1. The maximum atomic E-state index is 13.1. The summed E-state index contributed by atoms with van der Waals surface area (Å²) in [5, 5.41) is 0. The molecule has 0 unspecified atom stereocenters. The molecular formula is C13H20F2O3Si. The number of aryl methyl sites for hydroxylation is 1. The van der Waals surface area contributed by atoms with E-state index in [1.165, 1.54) is 26.4 Å². The van der Waals surface area contributed by atoms with Gasteiger partial charge in [0.1, 0.15) is 11.6 Å². The van der Waals surface area contributed by atoms with Crippen molar-refractivity contribution in [3.63, 3.8) is 0 Å². The first kappa shape index (κ1) is 16.2. The third-order valence-electron chi connectivity index (χ3n) is 2.68. The summed E-state index contributed by atoms with van der Waals surface area (Å²) in [6, 6.07) is 3.94. The molecule has 0 heterocycles. The van der Waals surface area contributed by atoms with Crippen LogP contribution < -0.4 is 0 Å². The Hall–Kier alpha value is -0.823. The predicted molar refractivity (Wildman–Crippen MR) is 70.9 cm³/mol.